The molecule has 0 bridgehead atoms. The molecule has 2 rings (SSSR count). The Morgan fingerprint density at radius 1 is 1.40 bits per heavy atom. The molecule has 0 amide bonds. The van der Waals surface area contributed by atoms with E-state index in [0.717, 1.165) is 4.47 Å². The van der Waals surface area contributed by atoms with E-state index in [4.69, 9.17) is 11.6 Å². The predicted molar refractivity (Wildman–Crippen MR) is 73.5 cm³/mol. The molecule has 0 aliphatic rings. The molecular formula is C11H10BrClS2. The first kappa shape index (κ1) is 11.6. The standard InChI is InChI=1S/C11H10BrClS2/c1-6-5-9(15-7(6)2)10(13)11-8(12)3-4-14-11/h3-5,10H,1-2H3. The lowest BCUT2D eigenvalue weighted by Gasteiger charge is -2.04. The van der Waals surface area contributed by atoms with Crippen LogP contribution in [-0.4, -0.2) is 0 Å². The third-order valence-electron chi connectivity index (χ3n) is 2.31. The number of halogens is 2. The molecule has 0 nitrogen and oxygen atoms in total. The summed E-state index contributed by atoms with van der Waals surface area (Å²) in [6.45, 7) is 4.26. The van der Waals surface area contributed by atoms with Gasteiger partial charge in [0, 0.05) is 19.1 Å². The highest BCUT2D eigenvalue weighted by Crippen LogP contribution is 2.40. The Balaban J connectivity index is 2.36. The molecule has 0 aromatic carbocycles. The Labute approximate surface area is 111 Å². The van der Waals surface area contributed by atoms with Crippen LogP contribution in [0.25, 0.3) is 0 Å². The molecule has 0 N–H and O–H groups in total. The van der Waals surface area contributed by atoms with Crippen LogP contribution >= 0.6 is 50.2 Å². The zero-order chi connectivity index (χ0) is 11.0. The van der Waals surface area contributed by atoms with E-state index in [1.54, 1.807) is 22.7 Å². The van der Waals surface area contributed by atoms with E-state index in [1.165, 1.54) is 20.2 Å². The molecule has 0 radical (unpaired) electrons. The first-order valence-electron chi connectivity index (χ1n) is 4.53. The summed E-state index contributed by atoms with van der Waals surface area (Å²) in [5.41, 5.74) is 1.33. The van der Waals surface area contributed by atoms with Gasteiger partial charge >= 0.3 is 0 Å². The van der Waals surface area contributed by atoms with Crippen LogP contribution in [0.2, 0.25) is 0 Å². The molecule has 2 aromatic heterocycles. The molecule has 15 heavy (non-hydrogen) atoms. The van der Waals surface area contributed by atoms with Gasteiger partial charge < -0.3 is 0 Å². The summed E-state index contributed by atoms with van der Waals surface area (Å²) in [5, 5.41) is 2.04. The van der Waals surface area contributed by atoms with Crippen molar-refractivity contribution in [2.45, 2.75) is 19.2 Å². The first-order valence-corrected chi connectivity index (χ1v) is 7.46. The summed E-state index contributed by atoms with van der Waals surface area (Å²) in [7, 11) is 0. The van der Waals surface area contributed by atoms with Crippen LogP contribution in [0.3, 0.4) is 0 Å². The lowest BCUT2D eigenvalue weighted by molar-refractivity contribution is 1.22. The Morgan fingerprint density at radius 2 is 2.13 bits per heavy atom. The second-order valence-corrected chi connectivity index (χ2v) is 6.91. The van der Waals surface area contributed by atoms with E-state index in [1.807, 2.05) is 6.07 Å². The molecule has 1 atom stereocenters. The molecule has 2 heterocycles. The van der Waals surface area contributed by atoms with E-state index in [-0.39, 0.29) is 5.38 Å². The van der Waals surface area contributed by atoms with Crippen molar-refractivity contribution in [3.8, 4) is 0 Å². The molecule has 1 unspecified atom stereocenters. The van der Waals surface area contributed by atoms with Crippen molar-refractivity contribution < 1.29 is 0 Å². The number of hydrogen-bond acceptors (Lipinski definition) is 2. The zero-order valence-corrected chi connectivity index (χ0v) is 12.4. The van der Waals surface area contributed by atoms with Crippen molar-refractivity contribution in [2.75, 3.05) is 0 Å². The van der Waals surface area contributed by atoms with E-state index >= 15 is 0 Å². The second kappa shape index (κ2) is 4.58. The maximum atomic E-state index is 6.45. The Morgan fingerprint density at radius 3 is 2.60 bits per heavy atom. The monoisotopic (exact) mass is 320 g/mol. The van der Waals surface area contributed by atoms with Gasteiger partial charge in [-0.1, -0.05) is 0 Å². The van der Waals surface area contributed by atoms with Gasteiger partial charge in [0.25, 0.3) is 0 Å². The summed E-state index contributed by atoms with van der Waals surface area (Å²) in [5.74, 6) is 0. The van der Waals surface area contributed by atoms with Crippen LogP contribution in [0.15, 0.2) is 22.0 Å². The fraction of sp³-hybridized carbons (Fsp3) is 0.273. The van der Waals surface area contributed by atoms with E-state index in [0.29, 0.717) is 0 Å². The van der Waals surface area contributed by atoms with Crippen molar-refractivity contribution in [3.05, 3.63) is 42.2 Å². The number of hydrogen-bond donors (Lipinski definition) is 0. The molecule has 0 fully saturated rings. The average molecular weight is 322 g/mol. The summed E-state index contributed by atoms with van der Waals surface area (Å²) in [4.78, 5) is 3.77. The average Bonchev–Trinajstić information content (AvgIpc) is 2.74. The Hall–Kier alpha value is 0.170. The third kappa shape index (κ3) is 2.31. The largest absolute Gasteiger partial charge is 0.146 e. The van der Waals surface area contributed by atoms with E-state index in [2.05, 4.69) is 41.2 Å². The molecule has 0 saturated carbocycles. The van der Waals surface area contributed by atoms with Gasteiger partial charge in [0.15, 0.2) is 0 Å². The number of alkyl halides is 1. The van der Waals surface area contributed by atoms with Gasteiger partial charge in [-0.25, -0.2) is 0 Å². The quantitative estimate of drug-likeness (QED) is 0.639. The van der Waals surface area contributed by atoms with Crippen LogP contribution in [0.5, 0.6) is 0 Å². The predicted octanol–water partition coefficient (Wildman–Crippen LogP) is 5.52. The number of thiophene rings is 2. The van der Waals surface area contributed by atoms with Crippen molar-refractivity contribution in [1.29, 1.82) is 0 Å². The number of aryl methyl sites for hydroxylation is 2. The Kier molecular flexibility index (Phi) is 3.56. The molecule has 0 aliphatic carbocycles. The summed E-state index contributed by atoms with van der Waals surface area (Å²) in [6.07, 6.45) is 0. The molecule has 0 spiro atoms. The van der Waals surface area contributed by atoms with Crippen LogP contribution in [0, 0.1) is 13.8 Å². The minimum Gasteiger partial charge on any atom is -0.146 e. The van der Waals surface area contributed by atoms with Crippen LogP contribution in [-0.2, 0) is 0 Å². The van der Waals surface area contributed by atoms with Gasteiger partial charge in [-0.2, -0.15) is 0 Å². The minimum absolute atomic E-state index is 0.0169. The second-order valence-electron chi connectivity index (χ2n) is 3.38. The zero-order valence-electron chi connectivity index (χ0n) is 8.38. The maximum absolute atomic E-state index is 6.45. The molecule has 4 heteroatoms. The van der Waals surface area contributed by atoms with Crippen molar-refractivity contribution in [1.82, 2.24) is 0 Å². The highest BCUT2D eigenvalue weighted by atomic mass is 79.9. The van der Waals surface area contributed by atoms with Gasteiger partial charge in [0.05, 0.1) is 0 Å². The van der Waals surface area contributed by atoms with Gasteiger partial charge in [-0.15, -0.1) is 34.3 Å². The molecule has 2 aromatic rings. The van der Waals surface area contributed by atoms with Crippen LogP contribution < -0.4 is 0 Å². The fourth-order valence-corrected chi connectivity index (χ4v) is 4.64. The maximum Gasteiger partial charge on any atom is 0.103 e. The normalized spacial score (nSPS) is 13.1. The molecular weight excluding hydrogens is 312 g/mol. The van der Waals surface area contributed by atoms with Crippen LogP contribution in [0.4, 0.5) is 0 Å². The minimum atomic E-state index is -0.0169. The smallest absolute Gasteiger partial charge is 0.103 e. The molecule has 0 aliphatic heterocycles. The first-order chi connectivity index (χ1) is 7.09. The third-order valence-corrected chi connectivity index (χ3v) is 6.17. The lowest BCUT2D eigenvalue weighted by atomic mass is 10.2. The van der Waals surface area contributed by atoms with Gasteiger partial charge in [-0.3, -0.25) is 0 Å². The topological polar surface area (TPSA) is 0 Å². The summed E-state index contributed by atoms with van der Waals surface area (Å²) < 4.78 is 1.11. The number of rotatable bonds is 2. The highest BCUT2D eigenvalue weighted by molar-refractivity contribution is 9.10. The lowest BCUT2D eigenvalue weighted by Crippen LogP contribution is -1.86. The van der Waals surface area contributed by atoms with E-state index < -0.39 is 0 Å². The molecule has 80 valence electrons. The fourth-order valence-electron chi connectivity index (χ4n) is 1.34. The van der Waals surface area contributed by atoms with Gasteiger partial charge in [0.2, 0.25) is 0 Å². The SMILES string of the molecule is Cc1cc(C(Cl)c2sccc2Br)sc1C. The summed E-state index contributed by atoms with van der Waals surface area (Å²) >= 11 is 13.5. The molecule has 0 saturated heterocycles. The van der Waals surface area contributed by atoms with Crippen molar-refractivity contribution in [3.63, 3.8) is 0 Å². The Bertz CT molecular complexity index is 453. The van der Waals surface area contributed by atoms with Crippen molar-refractivity contribution >= 4 is 50.2 Å². The highest BCUT2D eigenvalue weighted by Gasteiger charge is 2.17. The van der Waals surface area contributed by atoms with Gasteiger partial charge in [0.1, 0.15) is 5.38 Å². The van der Waals surface area contributed by atoms with Gasteiger partial charge in [-0.05, 0) is 52.9 Å². The summed E-state index contributed by atoms with van der Waals surface area (Å²) in [6, 6.07) is 4.23. The van der Waals surface area contributed by atoms with E-state index in [9.17, 15) is 0 Å². The van der Waals surface area contributed by atoms with Crippen LogP contribution in [0.1, 0.15) is 25.6 Å². The van der Waals surface area contributed by atoms with Crippen molar-refractivity contribution in [2.24, 2.45) is 0 Å².